The van der Waals surface area contributed by atoms with Gasteiger partial charge in [-0.25, -0.2) is 0 Å². The number of benzene rings is 2. The summed E-state index contributed by atoms with van der Waals surface area (Å²) >= 11 is 0. The average Bonchev–Trinajstić information content (AvgIpc) is 2.46. The van der Waals surface area contributed by atoms with Gasteiger partial charge in [-0.2, -0.15) is 0 Å². The molecule has 0 saturated heterocycles. The molecule has 0 bridgehead atoms. The summed E-state index contributed by atoms with van der Waals surface area (Å²) in [5, 5.41) is 0. The lowest BCUT2D eigenvalue weighted by Crippen LogP contribution is -2.05. The number of carbonyl (C=O) groups is 2. The molecule has 0 heterocycles. The molecule has 0 N–H and O–H groups in total. The fourth-order valence-electron chi connectivity index (χ4n) is 2.08. The van der Waals surface area contributed by atoms with E-state index in [1.165, 1.54) is 6.92 Å². The molecule has 96 valence electrons. The minimum absolute atomic E-state index is 0.0391. The molecule has 0 aliphatic rings. The lowest BCUT2D eigenvalue weighted by Gasteiger charge is -2.11. The van der Waals surface area contributed by atoms with E-state index in [2.05, 4.69) is 0 Å². The van der Waals surface area contributed by atoms with Crippen LogP contribution in [0, 0.1) is 0 Å². The normalized spacial score (nSPS) is 11.8. The molecule has 0 saturated carbocycles. The highest BCUT2D eigenvalue weighted by Gasteiger charge is 2.11. The highest BCUT2D eigenvalue weighted by Crippen LogP contribution is 2.19. The fourth-order valence-corrected chi connectivity index (χ4v) is 2.08. The van der Waals surface area contributed by atoms with Crippen LogP contribution in [0.25, 0.3) is 0 Å². The minimum Gasteiger partial charge on any atom is -0.303 e. The smallest absolute Gasteiger partial charge is 0.159 e. The molecule has 0 fully saturated rings. The van der Waals surface area contributed by atoms with E-state index in [4.69, 9.17) is 0 Å². The number of Topliss-reactive ketones (excluding diaryl/α,β-unsaturated/α-hetero) is 1. The lowest BCUT2D eigenvalue weighted by molar-refractivity contribution is -0.109. The summed E-state index contributed by atoms with van der Waals surface area (Å²) in [5.74, 6) is -0.124. The van der Waals surface area contributed by atoms with Crippen molar-refractivity contribution in [2.24, 2.45) is 0 Å². The van der Waals surface area contributed by atoms with Crippen LogP contribution in [0.2, 0.25) is 0 Å². The molecule has 0 aromatic heterocycles. The van der Waals surface area contributed by atoms with Crippen molar-refractivity contribution >= 4 is 12.1 Å². The van der Waals surface area contributed by atoms with Gasteiger partial charge in [0.2, 0.25) is 0 Å². The van der Waals surface area contributed by atoms with Gasteiger partial charge in [-0.05, 0) is 24.5 Å². The van der Waals surface area contributed by atoms with E-state index < -0.39 is 0 Å². The maximum Gasteiger partial charge on any atom is 0.159 e. The Morgan fingerprint density at radius 3 is 2.21 bits per heavy atom. The van der Waals surface area contributed by atoms with Crippen LogP contribution in [0.5, 0.6) is 0 Å². The quantitative estimate of drug-likeness (QED) is 0.603. The SMILES string of the molecule is CC(=O)c1ccc(C(C=O)Cc2ccccc2)cc1. The Morgan fingerprint density at radius 2 is 1.68 bits per heavy atom. The Morgan fingerprint density at radius 1 is 1.05 bits per heavy atom. The number of hydrogen-bond acceptors (Lipinski definition) is 2. The molecule has 2 rings (SSSR count). The number of hydrogen-bond donors (Lipinski definition) is 0. The number of aldehydes is 1. The van der Waals surface area contributed by atoms with Gasteiger partial charge in [0.05, 0.1) is 0 Å². The molecule has 2 nitrogen and oxygen atoms in total. The Balaban J connectivity index is 2.18. The monoisotopic (exact) mass is 252 g/mol. The van der Waals surface area contributed by atoms with Gasteiger partial charge in [0, 0.05) is 11.5 Å². The van der Waals surface area contributed by atoms with Crippen molar-refractivity contribution in [3.8, 4) is 0 Å². The summed E-state index contributed by atoms with van der Waals surface area (Å²) in [5.41, 5.74) is 2.76. The fraction of sp³-hybridized carbons (Fsp3) is 0.176. The molecular weight excluding hydrogens is 236 g/mol. The summed E-state index contributed by atoms with van der Waals surface area (Å²) in [6.45, 7) is 1.54. The second-order valence-corrected chi connectivity index (χ2v) is 4.61. The molecule has 19 heavy (non-hydrogen) atoms. The number of rotatable bonds is 5. The second kappa shape index (κ2) is 6.10. The van der Waals surface area contributed by atoms with Crippen molar-refractivity contribution in [1.82, 2.24) is 0 Å². The van der Waals surface area contributed by atoms with Gasteiger partial charge in [0.25, 0.3) is 0 Å². The van der Waals surface area contributed by atoms with E-state index in [9.17, 15) is 9.59 Å². The van der Waals surface area contributed by atoms with Crippen LogP contribution in [-0.2, 0) is 11.2 Å². The van der Waals surface area contributed by atoms with Crippen LogP contribution in [0.3, 0.4) is 0 Å². The van der Waals surface area contributed by atoms with Crippen molar-refractivity contribution in [1.29, 1.82) is 0 Å². The van der Waals surface area contributed by atoms with Gasteiger partial charge in [-0.1, -0.05) is 54.6 Å². The summed E-state index contributed by atoms with van der Waals surface area (Å²) in [6, 6.07) is 17.2. The Hall–Kier alpha value is -2.22. The molecule has 0 spiro atoms. The topological polar surface area (TPSA) is 34.1 Å². The summed E-state index contributed by atoms with van der Waals surface area (Å²) < 4.78 is 0. The third-order valence-electron chi connectivity index (χ3n) is 3.21. The summed E-state index contributed by atoms with van der Waals surface area (Å²) in [4.78, 5) is 22.5. The second-order valence-electron chi connectivity index (χ2n) is 4.61. The molecule has 2 aromatic rings. The maximum absolute atomic E-state index is 11.3. The van der Waals surface area contributed by atoms with Crippen molar-refractivity contribution in [2.75, 3.05) is 0 Å². The molecule has 0 radical (unpaired) electrons. The zero-order chi connectivity index (χ0) is 13.7. The Labute approximate surface area is 113 Å². The molecule has 2 heteroatoms. The van der Waals surface area contributed by atoms with Crippen molar-refractivity contribution < 1.29 is 9.59 Å². The molecule has 0 aliphatic heterocycles. The minimum atomic E-state index is -0.164. The van der Waals surface area contributed by atoms with Crippen LogP contribution < -0.4 is 0 Å². The van der Waals surface area contributed by atoms with E-state index in [0.29, 0.717) is 12.0 Å². The molecule has 2 aromatic carbocycles. The molecule has 1 unspecified atom stereocenters. The molecule has 0 amide bonds. The largest absolute Gasteiger partial charge is 0.303 e. The highest BCUT2D eigenvalue weighted by molar-refractivity contribution is 5.94. The van der Waals surface area contributed by atoms with Crippen LogP contribution in [0.1, 0.15) is 34.3 Å². The van der Waals surface area contributed by atoms with E-state index >= 15 is 0 Å². The van der Waals surface area contributed by atoms with Gasteiger partial charge >= 0.3 is 0 Å². The van der Waals surface area contributed by atoms with E-state index in [-0.39, 0.29) is 11.7 Å². The Bertz CT molecular complexity index is 556. The van der Waals surface area contributed by atoms with Gasteiger partial charge in [0.1, 0.15) is 6.29 Å². The first-order valence-electron chi connectivity index (χ1n) is 6.31. The first kappa shape index (κ1) is 13.2. The van der Waals surface area contributed by atoms with E-state index in [1.807, 2.05) is 42.5 Å². The van der Waals surface area contributed by atoms with E-state index in [0.717, 1.165) is 17.4 Å². The zero-order valence-electron chi connectivity index (χ0n) is 10.9. The lowest BCUT2D eigenvalue weighted by atomic mass is 9.92. The third kappa shape index (κ3) is 3.38. The number of carbonyl (C=O) groups excluding carboxylic acids is 2. The van der Waals surface area contributed by atoms with Gasteiger partial charge in [-0.3, -0.25) is 4.79 Å². The van der Waals surface area contributed by atoms with Crippen LogP contribution in [0.4, 0.5) is 0 Å². The van der Waals surface area contributed by atoms with Crippen LogP contribution >= 0.6 is 0 Å². The van der Waals surface area contributed by atoms with Crippen molar-refractivity contribution in [3.05, 3.63) is 71.3 Å². The van der Waals surface area contributed by atoms with Crippen molar-refractivity contribution in [2.45, 2.75) is 19.3 Å². The summed E-state index contributed by atoms with van der Waals surface area (Å²) in [6.07, 6.45) is 1.65. The zero-order valence-corrected chi connectivity index (χ0v) is 10.9. The first-order valence-corrected chi connectivity index (χ1v) is 6.31. The standard InChI is InChI=1S/C17H16O2/c1-13(19)15-7-9-16(10-8-15)17(12-18)11-14-5-3-2-4-6-14/h2-10,12,17H,11H2,1H3. The summed E-state index contributed by atoms with van der Waals surface area (Å²) in [7, 11) is 0. The predicted molar refractivity (Wildman–Crippen MR) is 75.4 cm³/mol. The van der Waals surface area contributed by atoms with Gasteiger partial charge < -0.3 is 4.79 Å². The molecular formula is C17H16O2. The third-order valence-corrected chi connectivity index (χ3v) is 3.21. The van der Waals surface area contributed by atoms with Crippen LogP contribution in [-0.4, -0.2) is 12.1 Å². The van der Waals surface area contributed by atoms with Gasteiger partial charge in [0.15, 0.2) is 5.78 Å². The van der Waals surface area contributed by atoms with E-state index in [1.54, 1.807) is 12.1 Å². The predicted octanol–water partition coefficient (Wildman–Crippen LogP) is 3.41. The maximum atomic E-state index is 11.3. The van der Waals surface area contributed by atoms with Gasteiger partial charge in [-0.15, -0.1) is 0 Å². The molecule has 1 atom stereocenters. The average molecular weight is 252 g/mol. The number of ketones is 1. The Kier molecular flexibility index (Phi) is 4.24. The molecule has 0 aliphatic carbocycles. The van der Waals surface area contributed by atoms with Crippen LogP contribution in [0.15, 0.2) is 54.6 Å². The highest BCUT2D eigenvalue weighted by atomic mass is 16.1. The van der Waals surface area contributed by atoms with Crippen molar-refractivity contribution in [3.63, 3.8) is 0 Å². The first-order chi connectivity index (χ1) is 9.20.